The van der Waals surface area contributed by atoms with Gasteiger partial charge in [0.05, 0.1) is 0 Å². The molecule has 4 nitrogen and oxygen atoms in total. The van der Waals surface area contributed by atoms with Gasteiger partial charge in [0.25, 0.3) is 0 Å². The number of hydrogen-bond donors (Lipinski definition) is 1. The minimum atomic E-state index is -0.284. The van der Waals surface area contributed by atoms with E-state index in [1.54, 1.807) is 6.07 Å². The molecule has 2 aromatic rings. The number of halogens is 1. The molecule has 1 aromatic carbocycles. The number of nitrogens with one attached hydrogen (secondary N) is 1. The van der Waals surface area contributed by atoms with Crippen LogP contribution in [0.5, 0.6) is 0 Å². The summed E-state index contributed by atoms with van der Waals surface area (Å²) in [5, 5.41) is 4.39. The van der Waals surface area contributed by atoms with Crippen molar-refractivity contribution in [3.63, 3.8) is 0 Å². The van der Waals surface area contributed by atoms with Crippen molar-refractivity contribution in [2.45, 2.75) is 19.5 Å². The van der Waals surface area contributed by atoms with Crippen LogP contribution in [-0.2, 0) is 6.54 Å². The van der Waals surface area contributed by atoms with E-state index in [4.69, 9.17) is 4.42 Å². The van der Waals surface area contributed by atoms with Crippen LogP contribution >= 0.6 is 15.9 Å². The van der Waals surface area contributed by atoms with E-state index in [9.17, 15) is 4.79 Å². The molecular formula is C15H17BrN2O2. The number of rotatable bonds is 2. The predicted octanol–water partition coefficient (Wildman–Crippen LogP) is 2.35. The topological polar surface area (TPSA) is 45.5 Å². The van der Waals surface area contributed by atoms with Gasteiger partial charge < -0.3 is 9.73 Å². The van der Waals surface area contributed by atoms with Crippen LogP contribution in [-0.4, -0.2) is 30.6 Å². The van der Waals surface area contributed by atoms with Crippen LogP contribution in [0.1, 0.15) is 12.5 Å². The minimum Gasteiger partial charge on any atom is -0.423 e. The summed E-state index contributed by atoms with van der Waals surface area (Å²) in [5.74, 6) is 0. The van der Waals surface area contributed by atoms with Crippen LogP contribution in [0.4, 0.5) is 0 Å². The maximum atomic E-state index is 11.7. The molecule has 20 heavy (non-hydrogen) atoms. The molecule has 106 valence electrons. The number of fused-ring (bicyclic) bond motifs is 1. The van der Waals surface area contributed by atoms with Gasteiger partial charge in [-0.15, -0.1) is 0 Å². The molecule has 0 spiro atoms. The summed E-state index contributed by atoms with van der Waals surface area (Å²) in [6.45, 7) is 5.97. The highest BCUT2D eigenvalue weighted by molar-refractivity contribution is 9.10. The second kappa shape index (κ2) is 5.68. The third-order valence-electron chi connectivity index (χ3n) is 3.80. The second-order valence-electron chi connectivity index (χ2n) is 5.25. The third kappa shape index (κ3) is 2.80. The first-order chi connectivity index (χ1) is 9.63. The Morgan fingerprint density at radius 3 is 3.10 bits per heavy atom. The molecule has 1 N–H and O–H groups in total. The SMILES string of the molecule is C[C@H]1CNCCN1Cc1cc(=O)oc2cc(Br)ccc12. The monoisotopic (exact) mass is 336 g/mol. The summed E-state index contributed by atoms with van der Waals surface area (Å²) in [5.41, 5.74) is 1.40. The zero-order valence-electron chi connectivity index (χ0n) is 11.4. The zero-order valence-corrected chi connectivity index (χ0v) is 12.9. The first-order valence-corrected chi connectivity index (χ1v) is 7.60. The highest BCUT2D eigenvalue weighted by Crippen LogP contribution is 2.23. The fourth-order valence-electron chi connectivity index (χ4n) is 2.67. The molecule has 1 aliphatic rings. The van der Waals surface area contributed by atoms with Gasteiger partial charge in [-0.05, 0) is 30.7 Å². The summed E-state index contributed by atoms with van der Waals surface area (Å²) < 4.78 is 6.20. The van der Waals surface area contributed by atoms with Crippen LogP contribution in [0.3, 0.4) is 0 Å². The second-order valence-corrected chi connectivity index (χ2v) is 6.17. The number of hydrogen-bond acceptors (Lipinski definition) is 4. The lowest BCUT2D eigenvalue weighted by atomic mass is 10.1. The van der Waals surface area contributed by atoms with Crippen LogP contribution < -0.4 is 10.9 Å². The third-order valence-corrected chi connectivity index (χ3v) is 4.30. The van der Waals surface area contributed by atoms with Gasteiger partial charge in [-0.2, -0.15) is 0 Å². The van der Waals surface area contributed by atoms with E-state index in [1.165, 1.54) is 0 Å². The van der Waals surface area contributed by atoms with Crippen molar-refractivity contribution in [1.29, 1.82) is 0 Å². The average Bonchev–Trinajstić information content (AvgIpc) is 2.40. The van der Waals surface area contributed by atoms with Gasteiger partial charge in [0, 0.05) is 48.1 Å². The molecule has 0 amide bonds. The minimum absolute atomic E-state index is 0.284. The summed E-state index contributed by atoms with van der Waals surface area (Å²) in [6, 6.07) is 7.92. The largest absolute Gasteiger partial charge is 0.423 e. The Morgan fingerprint density at radius 2 is 2.30 bits per heavy atom. The molecule has 0 bridgehead atoms. The van der Waals surface area contributed by atoms with Crippen molar-refractivity contribution in [3.05, 3.63) is 44.7 Å². The molecule has 1 fully saturated rings. The van der Waals surface area contributed by atoms with Crippen molar-refractivity contribution in [2.75, 3.05) is 19.6 Å². The Hall–Kier alpha value is -1.17. The first-order valence-electron chi connectivity index (χ1n) is 6.80. The quantitative estimate of drug-likeness (QED) is 0.855. The normalized spacial score (nSPS) is 20.4. The molecule has 1 saturated heterocycles. The lowest BCUT2D eigenvalue weighted by Crippen LogP contribution is -2.49. The molecule has 2 heterocycles. The van der Waals surface area contributed by atoms with E-state index in [0.717, 1.165) is 41.6 Å². The van der Waals surface area contributed by atoms with Crippen LogP contribution in [0.2, 0.25) is 0 Å². The van der Waals surface area contributed by atoms with Crippen LogP contribution in [0.25, 0.3) is 11.0 Å². The predicted molar refractivity (Wildman–Crippen MR) is 82.9 cm³/mol. The van der Waals surface area contributed by atoms with E-state index in [0.29, 0.717) is 11.6 Å². The van der Waals surface area contributed by atoms with E-state index < -0.39 is 0 Å². The van der Waals surface area contributed by atoms with Gasteiger partial charge in [0.1, 0.15) is 5.58 Å². The Bertz CT molecular complexity index is 683. The lowest BCUT2D eigenvalue weighted by molar-refractivity contribution is 0.166. The number of benzene rings is 1. The summed E-state index contributed by atoms with van der Waals surface area (Å²) >= 11 is 3.41. The molecule has 3 rings (SSSR count). The Morgan fingerprint density at radius 1 is 1.45 bits per heavy atom. The Balaban J connectivity index is 2.00. The maximum absolute atomic E-state index is 11.7. The van der Waals surface area contributed by atoms with E-state index >= 15 is 0 Å². The fraction of sp³-hybridized carbons (Fsp3) is 0.400. The number of piperazine rings is 1. The Labute approximate surface area is 125 Å². The maximum Gasteiger partial charge on any atom is 0.336 e. The molecule has 1 atom stereocenters. The van der Waals surface area contributed by atoms with Gasteiger partial charge in [0.2, 0.25) is 0 Å². The summed E-state index contributed by atoms with van der Waals surface area (Å²) in [6.07, 6.45) is 0. The van der Waals surface area contributed by atoms with E-state index in [2.05, 4.69) is 33.1 Å². The standard InChI is InChI=1S/C15H17BrN2O2/c1-10-8-17-4-5-18(10)9-11-6-15(19)20-14-7-12(16)2-3-13(11)14/h2-3,6-7,10,17H,4-5,8-9H2,1H3/t10-/m0/s1. The van der Waals surface area contributed by atoms with E-state index in [1.807, 2.05) is 18.2 Å². The molecule has 5 heteroatoms. The highest BCUT2D eigenvalue weighted by Gasteiger charge is 2.19. The zero-order chi connectivity index (χ0) is 14.1. The van der Waals surface area contributed by atoms with Crippen molar-refractivity contribution >= 4 is 26.9 Å². The smallest absolute Gasteiger partial charge is 0.336 e. The van der Waals surface area contributed by atoms with Crippen LogP contribution in [0, 0.1) is 0 Å². The molecule has 0 saturated carbocycles. The van der Waals surface area contributed by atoms with Crippen LogP contribution in [0.15, 0.2) is 37.9 Å². The summed E-state index contributed by atoms with van der Waals surface area (Å²) in [7, 11) is 0. The van der Waals surface area contributed by atoms with Crippen molar-refractivity contribution in [3.8, 4) is 0 Å². The number of nitrogens with zero attached hydrogens (tertiary/aromatic N) is 1. The lowest BCUT2D eigenvalue weighted by Gasteiger charge is -2.34. The van der Waals surface area contributed by atoms with Gasteiger partial charge in [-0.25, -0.2) is 4.79 Å². The fourth-order valence-corrected chi connectivity index (χ4v) is 3.01. The van der Waals surface area contributed by atoms with Gasteiger partial charge >= 0.3 is 5.63 Å². The molecule has 1 aromatic heterocycles. The first kappa shape index (κ1) is 13.8. The highest BCUT2D eigenvalue weighted by atomic mass is 79.9. The molecule has 0 unspecified atom stereocenters. The van der Waals surface area contributed by atoms with Crippen molar-refractivity contribution in [2.24, 2.45) is 0 Å². The van der Waals surface area contributed by atoms with Gasteiger partial charge in [-0.1, -0.05) is 15.9 Å². The molecule has 1 aliphatic heterocycles. The molecule has 0 aliphatic carbocycles. The van der Waals surface area contributed by atoms with Gasteiger partial charge in [0.15, 0.2) is 0 Å². The molecular weight excluding hydrogens is 320 g/mol. The molecule has 0 radical (unpaired) electrons. The van der Waals surface area contributed by atoms with Gasteiger partial charge in [-0.3, -0.25) is 4.90 Å². The summed E-state index contributed by atoms with van der Waals surface area (Å²) in [4.78, 5) is 14.1. The average molecular weight is 337 g/mol. The van der Waals surface area contributed by atoms with Crippen molar-refractivity contribution in [1.82, 2.24) is 10.2 Å². The van der Waals surface area contributed by atoms with Crippen molar-refractivity contribution < 1.29 is 4.42 Å². The van der Waals surface area contributed by atoms with E-state index in [-0.39, 0.29) is 5.63 Å². The Kier molecular flexibility index (Phi) is 3.92.